The first-order valence-electron chi connectivity index (χ1n) is 4.55. The molecule has 0 saturated heterocycles. The van der Waals surface area contributed by atoms with E-state index in [-0.39, 0.29) is 6.61 Å². The Morgan fingerprint density at radius 3 is 2.64 bits per heavy atom. The summed E-state index contributed by atoms with van der Waals surface area (Å²) in [5.74, 6) is 0.292. The van der Waals surface area contributed by atoms with Crippen molar-refractivity contribution in [2.24, 2.45) is 0 Å². The number of hydrogen-bond donors (Lipinski definition) is 0. The van der Waals surface area contributed by atoms with E-state index >= 15 is 0 Å². The molecule has 0 radical (unpaired) electrons. The molecule has 0 unspecified atom stereocenters. The zero-order valence-electron chi connectivity index (χ0n) is 8.68. The van der Waals surface area contributed by atoms with Gasteiger partial charge in [-0.3, -0.25) is 0 Å². The van der Waals surface area contributed by atoms with E-state index in [0.717, 1.165) is 5.56 Å². The number of aryl methyl sites for hydroxylation is 1. The van der Waals surface area contributed by atoms with Crippen LogP contribution in [0.4, 0.5) is 4.39 Å². The molecule has 14 heavy (non-hydrogen) atoms. The summed E-state index contributed by atoms with van der Waals surface area (Å²) in [5.41, 5.74) is 0.951. The summed E-state index contributed by atoms with van der Waals surface area (Å²) in [5, 5.41) is 0.420. The van der Waals surface area contributed by atoms with Crippen LogP contribution in [-0.4, -0.2) is 18.3 Å². The van der Waals surface area contributed by atoms with E-state index in [4.69, 9.17) is 16.3 Å². The summed E-state index contributed by atoms with van der Waals surface area (Å²) in [6.45, 7) is 5.33. The van der Waals surface area contributed by atoms with Crippen LogP contribution in [0.1, 0.15) is 19.4 Å². The quantitative estimate of drug-likeness (QED) is 0.777. The maximum atomic E-state index is 11.7. The number of hydrogen-bond acceptors (Lipinski definition) is 2. The highest BCUT2D eigenvalue weighted by molar-refractivity contribution is 6.31. The summed E-state index contributed by atoms with van der Waals surface area (Å²) >= 11 is 5.76. The van der Waals surface area contributed by atoms with Crippen molar-refractivity contribution in [3.63, 3.8) is 0 Å². The first-order valence-corrected chi connectivity index (χ1v) is 4.92. The lowest BCUT2D eigenvalue weighted by Crippen LogP contribution is -2.00. The smallest absolute Gasteiger partial charge is 0.232 e. The molecule has 1 aromatic heterocycles. The van der Waals surface area contributed by atoms with Gasteiger partial charge in [-0.2, -0.15) is 0 Å². The van der Waals surface area contributed by atoms with E-state index in [1.54, 1.807) is 12.3 Å². The molecule has 1 aromatic rings. The molecule has 0 aliphatic carbocycles. The lowest BCUT2D eigenvalue weighted by molar-refractivity contribution is 0.264. The number of aromatic nitrogens is 1. The Hall–Kier alpha value is -0.830. The number of pyridine rings is 1. The summed E-state index contributed by atoms with van der Waals surface area (Å²) in [6, 6.07) is 1.72. The average Bonchev–Trinajstić information content (AvgIpc) is 2.20. The first kappa shape index (κ1) is 13.2. The Morgan fingerprint density at radius 1 is 1.50 bits per heavy atom. The highest BCUT2D eigenvalue weighted by Crippen LogP contribution is 2.21. The maximum Gasteiger partial charge on any atom is 0.232 e. The standard InChI is InChI=1S/C8H9ClFNO.C2H6/c1-6-4-7(9)8(11-5-6)12-3-2-10;1-2/h4-5H,2-3H2,1H3;1-2H3. The molecule has 0 bridgehead atoms. The predicted octanol–water partition coefficient (Wildman–Crippen LogP) is 3.42. The zero-order chi connectivity index (χ0) is 11.0. The van der Waals surface area contributed by atoms with Crippen molar-refractivity contribution >= 4 is 11.6 Å². The van der Waals surface area contributed by atoms with Crippen LogP contribution in [0, 0.1) is 6.92 Å². The van der Waals surface area contributed by atoms with Crippen molar-refractivity contribution in [1.29, 1.82) is 0 Å². The fourth-order valence-electron chi connectivity index (χ4n) is 0.762. The van der Waals surface area contributed by atoms with Gasteiger partial charge in [-0.1, -0.05) is 25.4 Å². The highest BCUT2D eigenvalue weighted by Gasteiger charge is 2.01. The van der Waals surface area contributed by atoms with E-state index in [1.807, 2.05) is 20.8 Å². The van der Waals surface area contributed by atoms with Crippen LogP contribution in [0.25, 0.3) is 0 Å². The lowest BCUT2D eigenvalue weighted by atomic mass is 10.3. The molecule has 0 fully saturated rings. The Kier molecular flexibility index (Phi) is 7.11. The summed E-state index contributed by atoms with van der Waals surface area (Å²) < 4.78 is 16.6. The van der Waals surface area contributed by atoms with Gasteiger partial charge in [0, 0.05) is 6.20 Å². The average molecular weight is 220 g/mol. The van der Waals surface area contributed by atoms with Gasteiger partial charge in [-0.15, -0.1) is 0 Å². The first-order chi connectivity index (χ1) is 6.74. The van der Waals surface area contributed by atoms with Gasteiger partial charge >= 0.3 is 0 Å². The van der Waals surface area contributed by atoms with E-state index in [9.17, 15) is 4.39 Å². The lowest BCUT2D eigenvalue weighted by Gasteiger charge is -2.04. The second-order valence-electron chi connectivity index (χ2n) is 2.34. The zero-order valence-corrected chi connectivity index (χ0v) is 9.44. The number of halogens is 2. The van der Waals surface area contributed by atoms with Crippen LogP contribution in [0.5, 0.6) is 5.88 Å². The molecule has 80 valence electrons. The summed E-state index contributed by atoms with van der Waals surface area (Å²) in [6.07, 6.45) is 1.62. The van der Waals surface area contributed by atoms with Gasteiger partial charge in [0.1, 0.15) is 18.3 Å². The van der Waals surface area contributed by atoms with E-state index in [1.165, 1.54) is 0 Å². The molecule has 0 spiro atoms. The SMILES string of the molecule is CC.Cc1cnc(OCCF)c(Cl)c1. The van der Waals surface area contributed by atoms with Gasteiger partial charge in [0.25, 0.3) is 0 Å². The number of nitrogens with zero attached hydrogens (tertiary/aromatic N) is 1. The maximum absolute atomic E-state index is 11.7. The Bertz CT molecular complexity index is 268. The fourth-order valence-corrected chi connectivity index (χ4v) is 1.04. The molecule has 0 atom stereocenters. The Balaban J connectivity index is 0.000000791. The molecular weight excluding hydrogens is 205 g/mol. The molecule has 0 aliphatic rings. The molecular formula is C10H15ClFNO. The van der Waals surface area contributed by atoms with Crippen molar-refractivity contribution in [2.75, 3.05) is 13.3 Å². The molecule has 0 aromatic carbocycles. The fraction of sp³-hybridized carbons (Fsp3) is 0.500. The van der Waals surface area contributed by atoms with Crippen molar-refractivity contribution in [1.82, 2.24) is 4.98 Å². The topological polar surface area (TPSA) is 22.1 Å². The largest absolute Gasteiger partial charge is 0.474 e. The predicted molar refractivity (Wildman–Crippen MR) is 56.8 cm³/mol. The molecule has 0 amide bonds. The minimum absolute atomic E-state index is 0.00419. The molecule has 0 aliphatic heterocycles. The van der Waals surface area contributed by atoms with E-state index in [2.05, 4.69) is 4.98 Å². The Morgan fingerprint density at radius 2 is 2.14 bits per heavy atom. The van der Waals surface area contributed by atoms with Crippen LogP contribution < -0.4 is 4.74 Å². The van der Waals surface area contributed by atoms with E-state index < -0.39 is 6.67 Å². The second-order valence-corrected chi connectivity index (χ2v) is 2.74. The number of rotatable bonds is 3. The van der Waals surface area contributed by atoms with Gasteiger partial charge < -0.3 is 4.74 Å². The summed E-state index contributed by atoms with van der Waals surface area (Å²) in [7, 11) is 0. The minimum atomic E-state index is -0.536. The molecule has 1 rings (SSSR count). The molecule has 0 N–H and O–H groups in total. The van der Waals surface area contributed by atoms with Crippen LogP contribution in [0.2, 0.25) is 5.02 Å². The van der Waals surface area contributed by atoms with Crippen molar-refractivity contribution in [3.05, 3.63) is 22.8 Å². The van der Waals surface area contributed by atoms with E-state index in [0.29, 0.717) is 10.9 Å². The van der Waals surface area contributed by atoms with Crippen LogP contribution in [0.3, 0.4) is 0 Å². The summed E-state index contributed by atoms with van der Waals surface area (Å²) in [4.78, 5) is 3.89. The number of ether oxygens (including phenoxy) is 1. The van der Waals surface area contributed by atoms with Crippen LogP contribution >= 0.6 is 11.6 Å². The molecule has 2 nitrogen and oxygen atoms in total. The molecule has 1 heterocycles. The minimum Gasteiger partial charge on any atom is -0.474 e. The Labute approximate surface area is 89.1 Å². The molecule has 0 saturated carbocycles. The third kappa shape index (κ3) is 4.42. The van der Waals surface area contributed by atoms with Crippen molar-refractivity contribution < 1.29 is 9.13 Å². The van der Waals surface area contributed by atoms with Gasteiger partial charge in [0.05, 0.1) is 0 Å². The van der Waals surface area contributed by atoms with Crippen LogP contribution in [0.15, 0.2) is 12.3 Å². The number of alkyl halides is 1. The van der Waals surface area contributed by atoms with Gasteiger partial charge in [-0.05, 0) is 18.6 Å². The second kappa shape index (κ2) is 7.56. The van der Waals surface area contributed by atoms with Gasteiger partial charge in [0.15, 0.2) is 0 Å². The third-order valence-electron chi connectivity index (χ3n) is 1.26. The molecule has 4 heteroatoms. The third-order valence-corrected chi connectivity index (χ3v) is 1.53. The van der Waals surface area contributed by atoms with Gasteiger partial charge in [-0.25, -0.2) is 9.37 Å². The van der Waals surface area contributed by atoms with Crippen molar-refractivity contribution in [2.45, 2.75) is 20.8 Å². The van der Waals surface area contributed by atoms with Gasteiger partial charge in [0.2, 0.25) is 5.88 Å². The highest BCUT2D eigenvalue weighted by atomic mass is 35.5. The van der Waals surface area contributed by atoms with Crippen LogP contribution in [-0.2, 0) is 0 Å². The normalized spacial score (nSPS) is 8.93. The monoisotopic (exact) mass is 219 g/mol. The van der Waals surface area contributed by atoms with Crippen molar-refractivity contribution in [3.8, 4) is 5.88 Å².